The predicted molar refractivity (Wildman–Crippen MR) is 245 cm³/mol. The molecule has 2 heteroatoms. The highest BCUT2D eigenvalue weighted by molar-refractivity contribution is 6.07. The van der Waals surface area contributed by atoms with E-state index in [1.54, 1.807) is 0 Å². The van der Waals surface area contributed by atoms with Gasteiger partial charge in [0.15, 0.2) is 0 Å². The Morgan fingerprint density at radius 2 is 0.831 bits per heavy atom. The summed E-state index contributed by atoms with van der Waals surface area (Å²) in [6.45, 7) is 0. The van der Waals surface area contributed by atoms with Gasteiger partial charge in [-0.05, 0) is 126 Å². The first kappa shape index (κ1) is 32.4. The number of furan rings is 1. The zero-order valence-corrected chi connectivity index (χ0v) is 32.1. The number of hydrogen-bond acceptors (Lipinski definition) is 2. The van der Waals surface area contributed by atoms with Gasteiger partial charge in [-0.1, -0.05) is 158 Å². The molecule has 1 aromatic heterocycles. The molecule has 0 fully saturated rings. The molecule has 0 aliphatic heterocycles. The van der Waals surface area contributed by atoms with Crippen LogP contribution >= 0.6 is 0 Å². The topological polar surface area (TPSA) is 16.4 Å². The molecule has 0 saturated carbocycles. The molecule has 1 heterocycles. The van der Waals surface area contributed by atoms with Gasteiger partial charge in [-0.2, -0.15) is 0 Å². The van der Waals surface area contributed by atoms with Crippen LogP contribution in [0, 0.1) is 0 Å². The average Bonchev–Trinajstić information content (AvgIpc) is 3.92. The van der Waals surface area contributed by atoms with Crippen molar-refractivity contribution in [3.63, 3.8) is 0 Å². The van der Waals surface area contributed by atoms with E-state index in [4.69, 9.17) is 4.42 Å². The maximum Gasteiger partial charge on any atom is 0.137 e. The van der Waals surface area contributed by atoms with Gasteiger partial charge in [-0.3, -0.25) is 0 Å². The van der Waals surface area contributed by atoms with Crippen LogP contribution in [0.3, 0.4) is 0 Å². The van der Waals surface area contributed by atoms with E-state index < -0.39 is 0 Å². The molecule has 59 heavy (non-hydrogen) atoms. The minimum absolute atomic E-state index is 0.388. The molecule has 1 spiro atoms. The molecule has 2 nitrogen and oxygen atoms in total. The molecule has 0 bridgehead atoms. The maximum atomic E-state index is 6.49. The van der Waals surface area contributed by atoms with E-state index in [-0.39, 0.29) is 5.41 Å². The zero-order valence-electron chi connectivity index (χ0n) is 32.1. The Labute approximate surface area is 341 Å². The molecule has 13 rings (SSSR count). The largest absolute Gasteiger partial charge is 0.456 e. The lowest BCUT2D eigenvalue weighted by Gasteiger charge is -2.31. The molecular weight excluding hydrogens is 715 g/mol. The van der Waals surface area contributed by atoms with Crippen LogP contribution in [0.4, 0.5) is 17.1 Å². The van der Waals surface area contributed by atoms with Crippen LogP contribution in [0.2, 0.25) is 0 Å². The Kier molecular flexibility index (Phi) is 6.68. The van der Waals surface area contributed by atoms with Crippen LogP contribution in [0.25, 0.3) is 76.9 Å². The van der Waals surface area contributed by atoms with Crippen LogP contribution in [-0.2, 0) is 5.41 Å². The second kappa shape index (κ2) is 12.2. The summed E-state index contributed by atoms with van der Waals surface area (Å²) in [5, 5.41) is 7.16. The van der Waals surface area contributed by atoms with Crippen LogP contribution in [-0.4, -0.2) is 0 Å². The summed E-state index contributed by atoms with van der Waals surface area (Å²) in [5.41, 5.74) is 17.6. The van der Waals surface area contributed by atoms with E-state index in [1.165, 1.54) is 77.2 Å². The Morgan fingerprint density at radius 1 is 0.305 bits per heavy atom. The molecule has 2 aliphatic rings. The molecule has 0 atom stereocenters. The number of hydrogen-bond donors (Lipinski definition) is 0. The minimum atomic E-state index is -0.388. The van der Waals surface area contributed by atoms with Crippen molar-refractivity contribution >= 4 is 60.5 Å². The van der Waals surface area contributed by atoms with Gasteiger partial charge in [0, 0.05) is 33.9 Å². The van der Waals surface area contributed by atoms with Gasteiger partial charge in [0.1, 0.15) is 11.2 Å². The van der Waals surface area contributed by atoms with Gasteiger partial charge < -0.3 is 9.32 Å². The SMILES string of the molecule is c1ccc2c(c1)-c1ccccc1C21c2ccccc2-c2cc(N(c3ccc4cc(-c5cccc6ccccc56)ccc4c3)c3ccc4c(c3)oc3ccccc34)ccc21. The molecular formula is C57H35NO. The third kappa shape index (κ3) is 4.51. The summed E-state index contributed by atoms with van der Waals surface area (Å²) >= 11 is 0. The first-order chi connectivity index (χ1) is 29.2. The molecule has 2 aliphatic carbocycles. The smallest absolute Gasteiger partial charge is 0.137 e. The third-order valence-corrected chi connectivity index (χ3v) is 13.0. The Balaban J connectivity index is 1.01. The minimum Gasteiger partial charge on any atom is -0.456 e. The Hall–Kier alpha value is -7.68. The van der Waals surface area contributed by atoms with E-state index in [0.717, 1.165) is 39.0 Å². The van der Waals surface area contributed by atoms with E-state index in [0.29, 0.717) is 0 Å². The van der Waals surface area contributed by atoms with E-state index in [9.17, 15) is 0 Å². The number of rotatable bonds is 4. The summed E-state index contributed by atoms with van der Waals surface area (Å²) in [7, 11) is 0. The molecule has 274 valence electrons. The van der Waals surface area contributed by atoms with Crippen LogP contribution in [0.5, 0.6) is 0 Å². The Morgan fingerprint density at radius 3 is 1.63 bits per heavy atom. The fourth-order valence-corrected chi connectivity index (χ4v) is 10.5. The lowest BCUT2D eigenvalue weighted by atomic mass is 9.70. The normalized spacial score (nSPS) is 13.2. The van der Waals surface area contributed by atoms with Crippen molar-refractivity contribution in [3.8, 4) is 33.4 Å². The van der Waals surface area contributed by atoms with Crippen LogP contribution < -0.4 is 4.90 Å². The second-order valence-electron chi connectivity index (χ2n) is 16.0. The van der Waals surface area contributed by atoms with Crippen LogP contribution in [0.1, 0.15) is 22.3 Å². The molecule has 0 saturated heterocycles. The highest BCUT2D eigenvalue weighted by Crippen LogP contribution is 2.63. The average molecular weight is 750 g/mol. The standard InChI is InChI=1S/C57H35NO/c1-2-14-43-36(12-1)13-11-19-44(43)39-25-24-38-33-40(27-26-37(38)32-39)58(42-28-30-49-48-18-6-10-23-55(48)59-56(49)35-42)41-29-31-54-50(34-41)47-17-5-9-22-53(47)57(54)51-20-7-3-15-45(51)46-16-4-8-21-52(46)57/h1-35H. The first-order valence-electron chi connectivity index (χ1n) is 20.4. The molecule has 0 radical (unpaired) electrons. The lowest BCUT2D eigenvalue weighted by Crippen LogP contribution is -2.25. The fraction of sp³-hybridized carbons (Fsp3) is 0.0175. The highest BCUT2D eigenvalue weighted by Gasteiger charge is 2.51. The summed E-state index contributed by atoms with van der Waals surface area (Å²) < 4.78 is 6.49. The van der Waals surface area contributed by atoms with Crippen molar-refractivity contribution in [2.24, 2.45) is 0 Å². The number of benzene rings is 10. The van der Waals surface area contributed by atoms with Crippen molar-refractivity contribution in [2.45, 2.75) is 5.41 Å². The molecule has 11 aromatic rings. The number of nitrogens with zero attached hydrogens (tertiary/aromatic N) is 1. The van der Waals surface area contributed by atoms with Crippen molar-refractivity contribution in [3.05, 3.63) is 235 Å². The fourth-order valence-electron chi connectivity index (χ4n) is 10.5. The number of anilines is 3. The monoisotopic (exact) mass is 749 g/mol. The summed E-state index contributed by atoms with van der Waals surface area (Å²) in [6, 6.07) is 78.1. The quantitative estimate of drug-likeness (QED) is 0.178. The summed E-state index contributed by atoms with van der Waals surface area (Å²) in [5.74, 6) is 0. The molecule has 0 unspecified atom stereocenters. The molecule has 10 aromatic carbocycles. The van der Waals surface area contributed by atoms with Gasteiger partial charge in [0.25, 0.3) is 0 Å². The zero-order chi connectivity index (χ0) is 38.7. The number of para-hydroxylation sites is 1. The van der Waals surface area contributed by atoms with Gasteiger partial charge in [0.05, 0.1) is 5.41 Å². The number of fused-ring (bicyclic) bond motifs is 15. The van der Waals surface area contributed by atoms with Gasteiger partial charge in [-0.25, -0.2) is 0 Å². The third-order valence-electron chi connectivity index (χ3n) is 13.0. The van der Waals surface area contributed by atoms with Gasteiger partial charge in [-0.15, -0.1) is 0 Å². The molecule has 0 N–H and O–H groups in total. The summed E-state index contributed by atoms with van der Waals surface area (Å²) in [6.07, 6.45) is 0. The van der Waals surface area contributed by atoms with Crippen molar-refractivity contribution in [1.29, 1.82) is 0 Å². The predicted octanol–water partition coefficient (Wildman–Crippen LogP) is 15.4. The summed E-state index contributed by atoms with van der Waals surface area (Å²) in [4.78, 5) is 2.40. The van der Waals surface area contributed by atoms with E-state index in [2.05, 4.69) is 211 Å². The first-order valence-corrected chi connectivity index (χ1v) is 20.4. The molecule has 0 amide bonds. The van der Waals surface area contributed by atoms with Gasteiger partial charge in [0.2, 0.25) is 0 Å². The Bertz CT molecular complexity index is 3480. The van der Waals surface area contributed by atoms with E-state index in [1.807, 2.05) is 6.07 Å². The van der Waals surface area contributed by atoms with Crippen molar-refractivity contribution < 1.29 is 4.42 Å². The van der Waals surface area contributed by atoms with Crippen molar-refractivity contribution in [1.82, 2.24) is 0 Å². The lowest BCUT2D eigenvalue weighted by molar-refractivity contribution is 0.669. The highest BCUT2D eigenvalue weighted by atomic mass is 16.3. The van der Waals surface area contributed by atoms with E-state index >= 15 is 0 Å². The second-order valence-corrected chi connectivity index (χ2v) is 16.0. The van der Waals surface area contributed by atoms with Crippen molar-refractivity contribution in [2.75, 3.05) is 4.90 Å². The van der Waals surface area contributed by atoms with Crippen LogP contribution in [0.15, 0.2) is 217 Å². The maximum absolute atomic E-state index is 6.49. The van der Waals surface area contributed by atoms with Gasteiger partial charge >= 0.3 is 0 Å².